The number of allylic oxidation sites excluding steroid dienone is 2. The molecule has 0 amide bonds. The van der Waals surface area contributed by atoms with Crippen LogP contribution < -0.4 is 0 Å². The molecule has 24 nitrogen and oxygen atoms in total. The van der Waals surface area contributed by atoms with Crippen LogP contribution >= 0.6 is 0 Å². The van der Waals surface area contributed by atoms with Gasteiger partial charge in [0.15, 0.2) is 31.1 Å². The number of ether oxygens (including phenoxy) is 8. The molecular weight excluding hydrogens is 1030 g/mol. The van der Waals surface area contributed by atoms with Crippen molar-refractivity contribution in [2.24, 2.45) is 50.2 Å². The lowest BCUT2D eigenvalue weighted by molar-refractivity contribution is -0.387. The fourth-order valence-electron chi connectivity index (χ4n) is 16.1. The van der Waals surface area contributed by atoms with Gasteiger partial charge in [-0.2, -0.15) is 0 Å². The zero-order valence-electron chi connectivity index (χ0n) is 45.7. The second-order valence-corrected chi connectivity index (χ2v) is 25.1. The first kappa shape index (κ1) is 61.2. The summed E-state index contributed by atoms with van der Waals surface area (Å²) in [4.78, 5) is 39.3. The molecule has 78 heavy (non-hydrogen) atoms. The van der Waals surface area contributed by atoms with Crippen molar-refractivity contribution in [3.8, 4) is 0 Å². The maximum absolute atomic E-state index is 13.4. The van der Waals surface area contributed by atoms with Gasteiger partial charge in [-0.15, -0.1) is 0 Å². The second kappa shape index (κ2) is 22.1. The molecule has 3 aliphatic heterocycles. The van der Waals surface area contributed by atoms with Crippen LogP contribution in [-0.4, -0.2) is 227 Å². The number of carboxylic acid groups (broad SMARTS) is 1. The predicted molar refractivity (Wildman–Crippen MR) is 264 cm³/mol. The first-order valence-electron chi connectivity index (χ1n) is 27.2. The van der Waals surface area contributed by atoms with Crippen LogP contribution in [0.4, 0.5) is 0 Å². The maximum Gasteiger partial charge on any atom is 0.335 e. The molecule has 0 aromatic heterocycles. The van der Waals surface area contributed by atoms with Crippen molar-refractivity contribution in [3.63, 3.8) is 0 Å². The average molecular weight is 1120 g/mol. The number of carbonyl (C=O) groups is 3. The number of aliphatic carboxylic acids is 1. The summed E-state index contributed by atoms with van der Waals surface area (Å²) in [6.07, 6.45) is -27.0. The highest BCUT2D eigenvalue weighted by Gasteiger charge is 2.76. The molecule has 0 unspecified atom stereocenters. The molecule has 0 bridgehead atoms. The lowest BCUT2D eigenvalue weighted by Crippen LogP contribution is -2.76. The fourth-order valence-corrected chi connectivity index (χ4v) is 16.1. The number of fused-ring (bicyclic) bond motifs is 7. The summed E-state index contributed by atoms with van der Waals surface area (Å²) in [6.45, 7) is 13.3. The smallest absolute Gasteiger partial charge is 0.335 e. The lowest BCUT2D eigenvalue weighted by atomic mass is 9.32. The highest BCUT2D eigenvalue weighted by atomic mass is 16.8. The number of rotatable bonds is 14. The van der Waals surface area contributed by atoms with Gasteiger partial charge in [-0.1, -0.05) is 59.3 Å². The Morgan fingerprint density at radius 3 is 1.81 bits per heavy atom. The van der Waals surface area contributed by atoms with E-state index in [9.17, 15) is 80.8 Å². The monoisotopic (exact) mass is 1120 g/mol. The first-order valence-corrected chi connectivity index (χ1v) is 27.2. The molecule has 3 heterocycles. The Kier molecular flexibility index (Phi) is 17.3. The Morgan fingerprint density at radius 1 is 0.667 bits per heavy atom. The standard InChI is InChI=1S/C54H84O24/c1-10-22(2)45(70)78-42-43(71-23(3)59)54(21-58)25(17-49(42,4)5)24-11-12-29-50(6)15-14-30(51(7,20-57)28(50)13-16-52(29,8)53(24,9)40(66)41(54)67)74-48-39(77-47-35(64)33(62)31(60)26(18-55)72-47)37(36(65)38(76-48)44(68)69)75-46-34(63)32(61)27(19-56)73-46/h10-11,25-43,46-48,55-58,60-67H,12-21H2,1-9H3,(H,68,69)/b22-10+/t25-,26+,27-,28+,29+,30-,31+,32-,33-,34+,35+,36-,37-,38-,39+,40-,41+,42-,43-,46-,47-,48+,50-,51+,52+,53-,54-/m0/s1. The molecule has 3 saturated heterocycles. The minimum absolute atomic E-state index is 0.170. The third kappa shape index (κ3) is 9.32. The number of aliphatic hydroxyl groups excluding tert-OH is 12. The summed E-state index contributed by atoms with van der Waals surface area (Å²) in [6, 6.07) is 0. The Labute approximate surface area is 452 Å². The third-order valence-electron chi connectivity index (χ3n) is 20.8. The quantitative estimate of drug-likeness (QED) is 0.0399. The Hall–Kier alpha value is -2.83. The number of aliphatic hydroxyl groups is 12. The van der Waals surface area contributed by atoms with E-state index in [0.717, 1.165) is 5.57 Å². The van der Waals surface area contributed by atoms with E-state index in [0.29, 0.717) is 31.3 Å². The molecule has 8 aliphatic rings. The molecule has 27 atom stereocenters. The van der Waals surface area contributed by atoms with Crippen molar-refractivity contribution in [2.75, 3.05) is 26.4 Å². The number of esters is 2. The fraction of sp³-hybridized carbons (Fsp3) is 0.870. The molecule has 7 fully saturated rings. The van der Waals surface area contributed by atoms with E-state index >= 15 is 0 Å². The van der Waals surface area contributed by atoms with Crippen molar-refractivity contribution in [1.29, 1.82) is 0 Å². The summed E-state index contributed by atoms with van der Waals surface area (Å²) < 4.78 is 48.4. The molecule has 0 aromatic carbocycles. The predicted octanol–water partition coefficient (Wildman–Crippen LogP) is -1.71. The summed E-state index contributed by atoms with van der Waals surface area (Å²) in [5, 5.41) is 145. The third-order valence-corrected chi connectivity index (χ3v) is 20.8. The summed E-state index contributed by atoms with van der Waals surface area (Å²) in [5.41, 5.74) is -5.34. The molecule has 0 radical (unpaired) electrons. The summed E-state index contributed by atoms with van der Waals surface area (Å²) in [7, 11) is 0. The van der Waals surface area contributed by atoms with Crippen LogP contribution in [0.25, 0.3) is 0 Å². The molecule has 24 heteroatoms. The molecule has 8 rings (SSSR count). The van der Waals surface area contributed by atoms with Crippen molar-refractivity contribution in [1.82, 2.24) is 0 Å². The molecular formula is C54H84O24. The number of hydrogen-bond donors (Lipinski definition) is 13. The maximum atomic E-state index is 13.4. The Morgan fingerprint density at radius 2 is 1.26 bits per heavy atom. The van der Waals surface area contributed by atoms with Gasteiger partial charge in [-0.25, -0.2) is 9.59 Å². The van der Waals surface area contributed by atoms with Crippen molar-refractivity contribution >= 4 is 17.9 Å². The molecule has 0 spiro atoms. The van der Waals surface area contributed by atoms with Crippen LogP contribution in [0.15, 0.2) is 23.3 Å². The van der Waals surface area contributed by atoms with Crippen LogP contribution in [-0.2, 0) is 52.3 Å². The van der Waals surface area contributed by atoms with Gasteiger partial charge < -0.3 is 104 Å². The zero-order chi connectivity index (χ0) is 57.7. The highest BCUT2D eigenvalue weighted by Crippen LogP contribution is 2.76. The highest BCUT2D eigenvalue weighted by molar-refractivity contribution is 5.87. The van der Waals surface area contributed by atoms with Gasteiger partial charge in [0, 0.05) is 28.7 Å². The van der Waals surface area contributed by atoms with Crippen LogP contribution in [0.2, 0.25) is 0 Å². The average Bonchev–Trinajstić information content (AvgIpc) is 2.00. The normalized spacial score (nSPS) is 51.0. The van der Waals surface area contributed by atoms with Crippen molar-refractivity contribution in [3.05, 3.63) is 23.3 Å². The van der Waals surface area contributed by atoms with Gasteiger partial charge in [-0.3, -0.25) is 4.79 Å². The van der Waals surface area contributed by atoms with E-state index in [-0.39, 0.29) is 24.7 Å². The first-order chi connectivity index (χ1) is 36.4. The van der Waals surface area contributed by atoms with Crippen molar-refractivity contribution in [2.45, 2.75) is 217 Å². The van der Waals surface area contributed by atoms with Gasteiger partial charge in [0.25, 0.3) is 0 Å². The second-order valence-electron chi connectivity index (χ2n) is 25.1. The minimum Gasteiger partial charge on any atom is -0.479 e. The van der Waals surface area contributed by atoms with Crippen LogP contribution in [0.5, 0.6) is 0 Å². The molecule has 444 valence electrons. The van der Waals surface area contributed by atoms with Crippen molar-refractivity contribution < 1.29 is 119 Å². The van der Waals surface area contributed by atoms with Gasteiger partial charge >= 0.3 is 17.9 Å². The molecule has 0 aromatic rings. The van der Waals surface area contributed by atoms with Gasteiger partial charge in [0.05, 0.1) is 50.2 Å². The van der Waals surface area contributed by atoms with E-state index in [4.69, 9.17) is 37.9 Å². The van der Waals surface area contributed by atoms with E-state index in [1.54, 1.807) is 19.9 Å². The number of hydrogen-bond acceptors (Lipinski definition) is 23. The van der Waals surface area contributed by atoms with E-state index in [1.807, 2.05) is 27.7 Å². The largest absolute Gasteiger partial charge is 0.479 e. The Balaban J connectivity index is 1.14. The summed E-state index contributed by atoms with van der Waals surface area (Å²) >= 11 is 0. The number of carbonyl (C=O) groups excluding carboxylic acids is 2. The topological polar surface area (TPSA) is 388 Å². The van der Waals surface area contributed by atoms with E-state index < -0.39 is 199 Å². The van der Waals surface area contributed by atoms with Gasteiger partial charge in [0.1, 0.15) is 67.1 Å². The van der Waals surface area contributed by atoms with Crippen LogP contribution in [0, 0.1) is 50.2 Å². The van der Waals surface area contributed by atoms with Crippen LogP contribution in [0.1, 0.15) is 101 Å². The SMILES string of the molecule is C/C=C(\C)C(=O)O[C@H]1[C@H](OC(C)=O)[C@]2(CO)[C@H](O)[C@H](O)[C@]3(C)C(=CC[C@@H]4[C@@]5(C)CC[C@H](O[C@@H]6O[C@H](C(=O)O)[C@@H](O)[C@H](O[C@@H]7O[C@@H](CO)[C@H](O)[C@H]7O)[C@H]6O[C@@H]6O[C@H](CO)[C@@H](O)[C@H](O)[C@H]6O)[C@](C)(CO)[C@@H]5CC[C@]43C)[C@@H]2CC1(C)C. The zero-order valence-corrected chi connectivity index (χ0v) is 45.7. The number of carboxylic acids is 1. The molecule has 4 saturated carbocycles. The van der Waals surface area contributed by atoms with Crippen LogP contribution in [0.3, 0.4) is 0 Å². The summed E-state index contributed by atoms with van der Waals surface area (Å²) in [5.74, 6) is -4.41. The minimum atomic E-state index is -2.17. The molecule has 13 N–H and O–H groups in total. The lowest BCUT2D eigenvalue weighted by Gasteiger charge is -2.73. The van der Waals surface area contributed by atoms with Gasteiger partial charge in [-0.05, 0) is 81.0 Å². The Bertz CT molecular complexity index is 2280. The van der Waals surface area contributed by atoms with E-state index in [1.165, 1.54) is 6.92 Å². The van der Waals surface area contributed by atoms with E-state index in [2.05, 4.69) is 19.9 Å². The van der Waals surface area contributed by atoms with Gasteiger partial charge in [0.2, 0.25) is 0 Å². The molecule has 5 aliphatic carbocycles.